The Bertz CT molecular complexity index is 728. The fourth-order valence-electron chi connectivity index (χ4n) is 2.32. The van der Waals surface area contributed by atoms with Crippen molar-refractivity contribution in [2.24, 2.45) is 11.7 Å². The Morgan fingerprint density at radius 2 is 1.67 bits per heavy atom. The van der Waals surface area contributed by atoms with E-state index < -0.39 is 54.5 Å². The summed E-state index contributed by atoms with van der Waals surface area (Å²) in [6.45, 7) is 2.70. The number of nitrogens with two attached hydrogens (primary N) is 1. The molecule has 0 aliphatic rings. The Hall–Kier alpha value is -2.64. The molecule has 4 unspecified atom stereocenters. The molecule has 0 fully saturated rings. The zero-order chi connectivity index (χ0) is 22.8. The number of carbonyl (C=O) groups is 4. The molecule has 1 aromatic heterocycles. The molecule has 4 atom stereocenters. The number of aliphatic hydroxyl groups excluding tert-OH is 1. The number of H-pyrrole nitrogens is 1. The van der Waals surface area contributed by atoms with Crippen LogP contribution in [0.2, 0.25) is 0 Å². The minimum atomic E-state index is -1.53. The smallest absolute Gasteiger partial charge is 0.328 e. The van der Waals surface area contributed by atoms with Crippen molar-refractivity contribution in [3.8, 4) is 0 Å². The van der Waals surface area contributed by atoms with Gasteiger partial charge in [0.25, 0.3) is 0 Å². The standard InChI is InChI=1S/C17H28N6O6S/c1-8(2)13(18)16(27)21-10(3-9-4-19-7-20-9)14(25)23-12(6-30)15(26)22-11(5-24)17(28)29/h4,7-8,10-13,24,30H,3,5-6,18H2,1-2H3,(H,19,20)(H,21,27)(H,22,26)(H,23,25)(H,28,29). The van der Waals surface area contributed by atoms with Gasteiger partial charge in [0.2, 0.25) is 17.7 Å². The lowest BCUT2D eigenvalue weighted by Gasteiger charge is -2.24. The van der Waals surface area contributed by atoms with Crippen LogP contribution in [0.15, 0.2) is 12.5 Å². The summed E-state index contributed by atoms with van der Waals surface area (Å²) < 4.78 is 0. The number of amides is 3. The topological polar surface area (TPSA) is 200 Å². The number of thiol groups is 1. The zero-order valence-electron chi connectivity index (χ0n) is 16.7. The van der Waals surface area contributed by atoms with Crippen molar-refractivity contribution < 1.29 is 29.4 Å². The number of carbonyl (C=O) groups excluding carboxylic acids is 3. The fraction of sp³-hybridized carbons (Fsp3) is 0.588. The SMILES string of the molecule is CC(C)C(N)C(=O)NC(Cc1cnc[nH]1)C(=O)NC(CS)C(=O)NC(CO)C(=O)O. The first-order chi connectivity index (χ1) is 14.1. The van der Waals surface area contributed by atoms with Crippen LogP contribution in [0.4, 0.5) is 0 Å². The van der Waals surface area contributed by atoms with Crippen LogP contribution < -0.4 is 21.7 Å². The van der Waals surface area contributed by atoms with Crippen molar-refractivity contribution in [3.05, 3.63) is 18.2 Å². The van der Waals surface area contributed by atoms with Crippen molar-refractivity contribution >= 4 is 36.3 Å². The van der Waals surface area contributed by atoms with E-state index in [-0.39, 0.29) is 18.1 Å². The van der Waals surface area contributed by atoms with Crippen molar-refractivity contribution in [2.45, 2.75) is 44.4 Å². The van der Waals surface area contributed by atoms with Gasteiger partial charge in [0, 0.05) is 24.1 Å². The van der Waals surface area contributed by atoms with E-state index in [1.807, 2.05) is 0 Å². The summed E-state index contributed by atoms with van der Waals surface area (Å²) in [5, 5.41) is 25.1. The van der Waals surface area contributed by atoms with Gasteiger partial charge in [-0.1, -0.05) is 13.8 Å². The molecule has 0 bridgehead atoms. The highest BCUT2D eigenvalue weighted by Crippen LogP contribution is 2.04. The lowest BCUT2D eigenvalue weighted by Crippen LogP contribution is -2.58. The maximum Gasteiger partial charge on any atom is 0.328 e. The van der Waals surface area contributed by atoms with E-state index in [2.05, 4.69) is 38.5 Å². The first kappa shape index (κ1) is 25.4. The third-order valence-electron chi connectivity index (χ3n) is 4.25. The van der Waals surface area contributed by atoms with Crippen molar-refractivity contribution in [3.63, 3.8) is 0 Å². The quantitative estimate of drug-likeness (QED) is 0.160. The van der Waals surface area contributed by atoms with E-state index >= 15 is 0 Å². The van der Waals surface area contributed by atoms with Crippen LogP contribution in [0.25, 0.3) is 0 Å². The lowest BCUT2D eigenvalue weighted by atomic mass is 10.0. The number of aromatic nitrogens is 2. The molecule has 0 saturated heterocycles. The van der Waals surface area contributed by atoms with Crippen LogP contribution in [0.5, 0.6) is 0 Å². The normalized spacial score (nSPS) is 15.0. The summed E-state index contributed by atoms with van der Waals surface area (Å²) in [4.78, 5) is 55.1. The molecule has 0 aliphatic heterocycles. The van der Waals surface area contributed by atoms with Gasteiger partial charge in [-0.3, -0.25) is 14.4 Å². The van der Waals surface area contributed by atoms with E-state index in [9.17, 15) is 19.2 Å². The number of carboxylic acid groups (broad SMARTS) is 1. The third kappa shape index (κ3) is 7.65. The van der Waals surface area contributed by atoms with Gasteiger partial charge in [0.15, 0.2) is 0 Å². The van der Waals surface area contributed by atoms with Crippen molar-refractivity contribution in [1.29, 1.82) is 0 Å². The number of hydrogen-bond acceptors (Lipinski definition) is 8. The molecule has 1 heterocycles. The van der Waals surface area contributed by atoms with Crippen LogP contribution in [0.3, 0.4) is 0 Å². The number of imidazole rings is 1. The van der Waals surface area contributed by atoms with Gasteiger partial charge in [0.05, 0.1) is 19.0 Å². The fourth-order valence-corrected chi connectivity index (χ4v) is 2.58. The second kappa shape index (κ2) is 12.1. The van der Waals surface area contributed by atoms with E-state index in [0.717, 1.165) is 0 Å². The highest BCUT2D eigenvalue weighted by Gasteiger charge is 2.30. The van der Waals surface area contributed by atoms with Crippen molar-refractivity contribution in [2.75, 3.05) is 12.4 Å². The molecule has 1 aromatic rings. The van der Waals surface area contributed by atoms with Crippen LogP contribution in [-0.2, 0) is 25.6 Å². The van der Waals surface area contributed by atoms with Crippen LogP contribution >= 0.6 is 12.6 Å². The predicted molar refractivity (Wildman–Crippen MR) is 109 cm³/mol. The second-order valence-electron chi connectivity index (χ2n) is 6.94. The van der Waals surface area contributed by atoms with Gasteiger partial charge in [-0.25, -0.2) is 9.78 Å². The highest BCUT2D eigenvalue weighted by molar-refractivity contribution is 7.80. The van der Waals surface area contributed by atoms with Crippen LogP contribution in [-0.4, -0.2) is 80.4 Å². The Kier molecular flexibility index (Phi) is 10.3. The van der Waals surface area contributed by atoms with Gasteiger partial charge in [-0.05, 0) is 5.92 Å². The highest BCUT2D eigenvalue weighted by atomic mass is 32.1. The Labute approximate surface area is 178 Å². The summed E-state index contributed by atoms with van der Waals surface area (Å²) in [5.41, 5.74) is 6.40. The molecule has 168 valence electrons. The number of nitrogens with zero attached hydrogens (tertiary/aromatic N) is 1. The van der Waals surface area contributed by atoms with Crippen molar-refractivity contribution in [1.82, 2.24) is 25.9 Å². The number of hydrogen-bond donors (Lipinski definition) is 8. The Balaban J connectivity index is 2.91. The molecule has 0 aliphatic carbocycles. The van der Waals surface area contributed by atoms with E-state index in [1.165, 1.54) is 12.5 Å². The number of aromatic amines is 1. The zero-order valence-corrected chi connectivity index (χ0v) is 17.6. The second-order valence-corrected chi connectivity index (χ2v) is 7.30. The van der Waals surface area contributed by atoms with E-state index in [4.69, 9.17) is 15.9 Å². The summed E-state index contributed by atoms with van der Waals surface area (Å²) in [6, 6.07) is -4.64. The minimum Gasteiger partial charge on any atom is -0.480 e. The molecule has 30 heavy (non-hydrogen) atoms. The summed E-state index contributed by atoms with van der Waals surface area (Å²) in [6.07, 6.45) is 2.95. The van der Waals surface area contributed by atoms with Gasteiger partial charge in [-0.15, -0.1) is 0 Å². The largest absolute Gasteiger partial charge is 0.480 e. The average Bonchev–Trinajstić information content (AvgIpc) is 3.21. The minimum absolute atomic E-state index is 0.0533. The van der Waals surface area contributed by atoms with E-state index in [0.29, 0.717) is 5.69 Å². The molecule has 3 amide bonds. The molecule has 12 nitrogen and oxygen atoms in total. The molecule has 0 spiro atoms. The molecule has 0 radical (unpaired) electrons. The van der Waals surface area contributed by atoms with Gasteiger partial charge >= 0.3 is 5.97 Å². The number of nitrogens with one attached hydrogen (secondary N) is 4. The molecule has 1 rings (SSSR count). The summed E-state index contributed by atoms with van der Waals surface area (Å²) in [7, 11) is 0. The Morgan fingerprint density at radius 3 is 2.13 bits per heavy atom. The van der Waals surface area contributed by atoms with Gasteiger partial charge in [-0.2, -0.15) is 12.6 Å². The number of aliphatic carboxylic acids is 1. The maximum atomic E-state index is 12.8. The first-order valence-corrected chi connectivity index (χ1v) is 9.82. The third-order valence-corrected chi connectivity index (χ3v) is 4.61. The van der Waals surface area contributed by atoms with E-state index in [1.54, 1.807) is 13.8 Å². The van der Waals surface area contributed by atoms with Gasteiger partial charge in [0.1, 0.15) is 18.1 Å². The Morgan fingerprint density at radius 1 is 1.10 bits per heavy atom. The van der Waals surface area contributed by atoms with Crippen LogP contribution in [0, 0.1) is 5.92 Å². The molecule has 0 saturated carbocycles. The predicted octanol–water partition coefficient (Wildman–Crippen LogP) is -2.60. The molecule has 0 aromatic carbocycles. The average molecular weight is 445 g/mol. The lowest BCUT2D eigenvalue weighted by molar-refractivity contribution is -0.143. The molecule has 13 heteroatoms. The maximum absolute atomic E-state index is 12.8. The number of rotatable bonds is 12. The van der Waals surface area contributed by atoms with Crippen LogP contribution in [0.1, 0.15) is 19.5 Å². The monoisotopic (exact) mass is 444 g/mol. The molecular weight excluding hydrogens is 416 g/mol. The molecular formula is C17H28N6O6S. The number of carboxylic acids is 1. The molecule has 8 N–H and O–H groups in total. The summed E-state index contributed by atoms with van der Waals surface area (Å²) >= 11 is 4.01. The summed E-state index contributed by atoms with van der Waals surface area (Å²) in [5.74, 6) is -3.82. The first-order valence-electron chi connectivity index (χ1n) is 9.19. The number of aliphatic hydroxyl groups is 1. The van der Waals surface area contributed by atoms with Gasteiger partial charge < -0.3 is 36.9 Å².